The molecule has 2 aromatic rings. The van der Waals surface area contributed by atoms with Gasteiger partial charge < -0.3 is 4.52 Å². The van der Waals surface area contributed by atoms with Crippen molar-refractivity contribution in [2.45, 2.75) is 6.92 Å². The SMILES string of the molecule is Cc1ccc(-n2oc(=O)[nH]c2=O)cc1. The average Bonchev–Trinajstić information content (AvgIpc) is 2.47. The fourth-order valence-corrected chi connectivity index (χ4v) is 1.14. The van der Waals surface area contributed by atoms with Gasteiger partial charge in [-0.05, 0) is 19.1 Å². The molecular formula is C9H8N2O3. The Kier molecular flexibility index (Phi) is 1.85. The molecular weight excluding hydrogens is 184 g/mol. The van der Waals surface area contributed by atoms with Gasteiger partial charge >= 0.3 is 11.4 Å². The molecule has 1 heterocycles. The summed E-state index contributed by atoms with van der Waals surface area (Å²) in [5.41, 5.74) is 1.03. The summed E-state index contributed by atoms with van der Waals surface area (Å²) in [6.07, 6.45) is 0. The predicted octanol–water partition coefficient (Wildman–Crippen LogP) is 0.427. The van der Waals surface area contributed by atoms with Crippen molar-refractivity contribution in [1.29, 1.82) is 0 Å². The molecule has 0 aliphatic carbocycles. The minimum Gasteiger partial charge on any atom is -0.312 e. The Morgan fingerprint density at radius 1 is 1.21 bits per heavy atom. The molecule has 72 valence electrons. The van der Waals surface area contributed by atoms with Gasteiger partial charge in [-0.15, -0.1) is 4.74 Å². The van der Waals surface area contributed by atoms with E-state index < -0.39 is 11.4 Å². The smallest absolute Gasteiger partial charge is 0.312 e. The number of hydrogen-bond donors (Lipinski definition) is 1. The molecule has 0 fully saturated rings. The highest BCUT2D eigenvalue weighted by Crippen LogP contribution is 2.05. The summed E-state index contributed by atoms with van der Waals surface area (Å²) in [7, 11) is 0. The number of aryl methyl sites for hydroxylation is 1. The first kappa shape index (κ1) is 8.55. The molecule has 1 aromatic heterocycles. The van der Waals surface area contributed by atoms with Crippen LogP contribution < -0.4 is 11.4 Å². The Morgan fingerprint density at radius 2 is 1.86 bits per heavy atom. The number of benzene rings is 1. The highest BCUT2D eigenvalue weighted by molar-refractivity contribution is 5.32. The first-order chi connectivity index (χ1) is 6.66. The van der Waals surface area contributed by atoms with Gasteiger partial charge in [0.05, 0.1) is 5.69 Å². The van der Waals surface area contributed by atoms with Gasteiger partial charge in [0.25, 0.3) is 0 Å². The lowest BCUT2D eigenvalue weighted by Crippen LogP contribution is -2.14. The molecule has 0 aliphatic rings. The zero-order valence-corrected chi connectivity index (χ0v) is 7.48. The Labute approximate surface area is 78.6 Å². The highest BCUT2D eigenvalue weighted by atomic mass is 16.5. The molecule has 1 N–H and O–H groups in total. The third-order valence-electron chi connectivity index (χ3n) is 1.84. The summed E-state index contributed by atoms with van der Waals surface area (Å²) in [5.74, 6) is -0.754. The van der Waals surface area contributed by atoms with Crippen LogP contribution in [0.2, 0.25) is 0 Å². The van der Waals surface area contributed by atoms with Gasteiger partial charge in [0.2, 0.25) is 0 Å². The van der Waals surface area contributed by atoms with Crippen molar-refractivity contribution in [3.8, 4) is 5.69 Å². The van der Waals surface area contributed by atoms with Crippen LogP contribution in [0.4, 0.5) is 0 Å². The largest absolute Gasteiger partial charge is 0.440 e. The molecule has 0 saturated heterocycles. The number of nitrogens with one attached hydrogen (secondary N) is 1. The van der Waals surface area contributed by atoms with Gasteiger partial charge in [-0.3, -0.25) is 0 Å². The maximum Gasteiger partial charge on any atom is 0.440 e. The van der Waals surface area contributed by atoms with Crippen molar-refractivity contribution in [3.05, 3.63) is 50.9 Å². The van der Waals surface area contributed by atoms with Crippen LogP contribution in [0.3, 0.4) is 0 Å². The number of aromatic nitrogens is 2. The van der Waals surface area contributed by atoms with Crippen molar-refractivity contribution < 1.29 is 4.52 Å². The van der Waals surface area contributed by atoms with Crippen LogP contribution in [-0.2, 0) is 0 Å². The lowest BCUT2D eigenvalue weighted by Gasteiger charge is -1.97. The second-order valence-corrected chi connectivity index (χ2v) is 2.94. The number of nitrogens with zero attached hydrogens (tertiary/aromatic N) is 1. The minimum absolute atomic E-state index is 0.527. The highest BCUT2D eigenvalue weighted by Gasteiger charge is 2.04. The van der Waals surface area contributed by atoms with Gasteiger partial charge in [0, 0.05) is 0 Å². The third kappa shape index (κ3) is 1.39. The maximum absolute atomic E-state index is 11.1. The van der Waals surface area contributed by atoms with E-state index in [1.807, 2.05) is 24.0 Å². The molecule has 5 heteroatoms. The van der Waals surface area contributed by atoms with Crippen LogP contribution in [-0.4, -0.2) is 9.72 Å². The van der Waals surface area contributed by atoms with Crippen molar-refractivity contribution >= 4 is 0 Å². The molecule has 1 aromatic carbocycles. The van der Waals surface area contributed by atoms with E-state index in [1.54, 1.807) is 12.1 Å². The van der Waals surface area contributed by atoms with E-state index in [0.29, 0.717) is 5.69 Å². The molecule has 0 bridgehead atoms. The topological polar surface area (TPSA) is 68.0 Å². The Balaban J connectivity index is 2.60. The third-order valence-corrected chi connectivity index (χ3v) is 1.84. The van der Waals surface area contributed by atoms with Gasteiger partial charge in [0.15, 0.2) is 0 Å². The summed E-state index contributed by atoms with van der Waals surface area (Å²) in [6, 6.07) is 7.06. The van der Waals surface area contributed by atoms with E-state index in [0.717, 1.165) is 10.3 Å². The first-order valence-electron chi connectivity index (χ1n) is 4.06. The van der Waals surface area contributed by atoms with Crippen LogP contribution in [0, 0.1) is 6.92 Å². The normalized spacial score (nSPS) is 10.4. The fourth-order valence-electron chi connectivity index (χ4n) is 1.14. The van der Waals surface area contributed by atoms with Crippen molar-refractivity contribution in [2.75, 3.05) is 0 Å². The molecule has 0 aliphatic heterocycles. The number of H-pyrrole nitrogens is 1. The maximum atomic E-state index is 11.1. The zero-order valence-electron chi connectivity index (χ0n) is 7.48. The number of aromatic amines is 1. The van der Waals surface area contributed by atoms with Crippen LogP contribution in [0.25, 0.3) is 5.69 Å². The quantitative estimate of drug-likeness (QED) is 0.712. The Morgan fingerprint density at radius 3 is 2.36 bits per heavy atom. The Hall–Kier alpha value is -2.04. The lowest BCUT2D eigenvalue weighted by atomic mass is 10.2. The van der Waals surface area contributed by atoms with E-state index in [1.165, 1.54) is 0 Å². The van der Waals surface area contributed by atoms with Gasteiger partial charge in [-0.2, -0.15) is 0 Å². The monoisotopic (exact) mass is 192 g/mol. The molecule has 14 heavy (non-hydrogen) atoms. The molecule has 0 amide bonds. The molecule has 0 radical (unpaired) electrons. The standard InChI is InChI=1S/C9H8N2O3/c1-6-2-4-7(5-3-6)11-8(12)10-9(13)14-11/h2-5H,1H3,(H,10,12,13). The number of rotatable bonds is 1. The summed E-state index contributed by atoms with van der Waals surface area (Å²) in [4.78, 5) is 23.9. The van der Waals surface area contributed by atoms with E-state index in [2.05, 4.69) is 4.52 Å². The first-order valence-corrected chi connectivity index (χ1v) is 4.06. The average molecular weight is 192 g/mol. The van der Waals surface area contributed by atoms with Crippen LogP contribution in [0.5, 0.6) is 0 Å². The predicted molar refractivity (Wildman–Crippen MR) is 49.7 cm³/mol. The lowest BCUT2D eigenvalue weighted by molar-refractivity contribution is 0.315. The van der Waals surface area contributed by atoms with Gasteiger partial charge in [-0.25, -0.2) is 14.6 Å². The molecule has 0 atom stereocenters. The summed E-state index contributed by atoms with van der Waals surface area (Å²) in [5, 5.41) is 0. The second-order valence-electron chi connectivity index (χ2n) is 2.94. The van der Waals surface area contributed by atoms with Crippen molar-refractivity contribution in [3.63, 3.8) is 0 Å². The van der Waals surface area contributed by atoms with E-state index in [4.69, 9.17) is 0 Å². The summed E-state index contributed by atoms with van der Waals surface area (Å²) >= 11 is 0. The van der Waals surface area contributed by atoms with E-state index >= 15 is 0 Å². The van der Waals surface area contributed by atoms with Crippen molar-refractivity contribution in [1.82, 2.24) is 9.72 Å². The molecule has 0 spiro atoms. The minimum atomic E-state index is -0.754. The van der Waals surface area contributed by atoms with Gasteiger partial charge in [0.1, 0.15) is 0 Å². The Bertz CT molecular complexity index is 544. The second kappa shape index (κ2) is 3.02. The summed E-state index contributed by atoms with van der Waals surface area (Å²) in [6.45, 7) is 1.93. The summed E-state index contributed by atoms with van der Waals surface area (Å²) < 4.78 is 5.55. The molecule has 2 rings (SSSR count). The van der Waals surface area contributed by atoms with Crippen molar-refractivity contribution in [2.24, 2.45) is 0 Å². The molecule has 0 unspecified atom stereocenters. The fraction of sp³-hybridized carbons (Fsp3) is 0.111. The van der Waals surface area contributed by atoms with Gasteiger partial charge in [-0.1, -0.05) is 17.7 Å². The zero-order chi connectivity index (χ0) is 10.1. The molecule has 0 saturated carbocycles. The van der Waals surface area contributed by atoms with E-state index in [9.17, 15) is 9.59 Å². The molecule has 5 nitrogen and oxygen atoms in total. The van der Waals surface area contributed by atoms with Crippen LogP contribution in [0.1, 0.15) is 5.56 Å². The van der Waals surface area contributed by atoms with E-state index in [-0.39, 0.29) is 0 Å². The van der Waals surface area contributed by atoms with Crippen LogP contribution >= 0.6 is 0 Å². The number of hydrogen-bond acceptors (Lipinski definition) is 3. The van der Waals surface area contributed by atoms with Crippen LogP contribution in [0.15, 0.2) is 38.4 Å².